The van der Waals surface area contributed by atoms with Crippen LogP contribution in [0.1, 0.15) is 49.4 Å². The van der Waals surface area contributed by atoms with Crippen LogP contribution in [0.3, 0.4) is 0 Å². The Balaban J connectivity index is 1.14. The van der Waals surface area contributed by atoms with E-state index in [9.17, 15) is 4.79 Å². The van der Waals surface area contributed by atoms with Crippen molar-refractivity contribution in [2.75, 3.05) is 0 Å². The van der Waals surface area contributed by atoms with Crippen molar-refractivity contribution in [3.05, 3.63) is 34.4 Å². The van der Waals surface area contributed by atoms with Crippen LogP contribution < -0.4 is 0 Å². The SMILES string of the molecule is CC(C)(C)C(=O)OC1C=CC23c4c5c6c7c8c9c(c%10c%11c2c2c4c4c%12c5c5c6c6c8c8c%13c9c9c%10c%10c%11c%11c2c2c4c4c%12c%12c5c5c6c8c6c8c%13c9c9c%10c%10c%11c2c2c4c4c%12c5c6c5c8c9c%10c2c45)C73C1. The Morgan fingerprint density at radius 2 is 0.507 bits per heavy atom. The van der Waals surface area contributed by atoms with E-state index in [0.717, 1.165) is 6.42 Å². The summed E-state index contributed by atoms with van der Waals surface area (Å²) in [6.07, 6.45) is 5.61. The number of carbonyl (C=O) groups is 1. The van der Waals surface area contributed by atoms with Gasteiger partial charge in [-0.2, -0.15) is 0 Å². The molecule has 71 heavy (non-hydrogen) atoms. The second kappa shape index (κ2) is 6.05. The molecule has 28 aromatic carbocycles. The Morgan fingerprint density at radius 1 is 0.324 bits per heavy atom. The average molecular weight is 875 g/mol. The maximum absolute atomic E-state index is 14.4. The maximum Gasteiger partial charge on any atom is 0.311 e. The lowest BCUT2D eigenvalue weighted by molar-refractivity contribution is -0.157. The summed E-state index contributed by atoms with van der Waals surface area (Å²) in [4.78, 5) is 14.4. The van der Waals surface area contributed by atoms with Crippen molar-refractivity contribution in [1.82, 2.24) is 0 Å². The Kier molecular flexibility index (Phi) is 2.32. The zero-order valence-corrected chi connectivity index (χ0v) is 37.3. The Hall–Kier alpha value is -8.33. The molecule has 33 rings (SSSR count). The van der Waals surface area contributed by atoms with Crippen molar-refractivity contribution in [1.29, 1.82) is 0 Å². The van der Waals surface area contributed by atoms with Crippen molar-refractivity contribution >= 4 is 297 Å². The molecule has 1 atom stereocenters. The van der Waals surface area contributed by atoms with E-state index in [1.54, 1.807) is 313 Å². The largest absolute Gasteiger partial charge is 0.458 e. The summed E-state index contributed by atoms with van der Waals surface area (Å²) >= 11 is 0. The molecule has 2 spiro atoms. The minimum atomic E-state index is -0.602. The third kappa shape index (κ3) is 1.48. The lowest BCUT2D eigenvalue weighted by Crippen LogP contribution is -2.55. The zero-order chi connectivity index (χ0) is 43.0. The third-order valence-corrected chi connectivity index (χ3v) is 25.5. The molecule has 0 heterocycles. The van der Waals surface area contributed by atoms with Gasteiger partial charge in [-0.15, -0.1) is 0 Å². The number of ether oxygens (including phenoxy) is 1. The normalized spacial score (nSPS) is 23.6. The second-order valence-corrected chi connectivity index (χ2v) is 27.2. The van der Waals surface area contributed by atoms with Gasteiger partial charge in [-0.1, -0.05) is 6.08 Å². The van der Waals surface area contributed by atoms with Gasteiger partial charge < -0.3 is 4.74 Å². The molecule has 0 aromatic heterocycles. The summed E-state index contributed by atoms with van der Waals surface area (Å²) in [5.41, 5.74) is 5.06. The van der Waals surface area contributed by atoms with Gasteiger partial charge in [-0.05, 0) is 340 Å². The van der Waals surface area contributed by atoms with Crippen LogP contribution in [0.15, 0.2) is 12.2 Å². The first-order chi connectivity index (χ1) is 34.9. The van der Waals surface area contributed by atoms with E-state index in [2.05, 4.69) is 12.2 Å². The first kappa shape index (κ1) is 27.2. The Bertz CT molecular complexity index is 7110. The number of rotatable bonds is 1. The topological polar surface area (TPSA) is 26.3 Å². The number of esters is 1. The molecule has 0 radical (unpaired) electrons. The lowest BCUT2D eigenvalue weighted by atomic mass is 9.45. The van der Waals surface area contributed by atoms with Crippen molar-refractivity contribution in [3.63, 3.8) is 0 Å². The fourth-order valence-corrected chi connectivity index (χ4v) is 25.2. The first-order valence-electron chi connectivity index (χ1n) is 26.6. The van der Waals surface area contributed by atoms with Crippen molar-refractivity contribution < 1.29 is 9.53 Å². The highest BCUT2D eigenvalue weighted by atomic mass is 16.5. The summed E-state index contributed by atoms with van der Waals surface area (Å²) in [5.74, 6) is -0.0904. The van der Waals surface area contributed by atoms with E-state index in [1.807, 2.05) is 20.8 Å². The number of carbonyl (C=O) groups excluding carboxylic acids is 1. The first-order valence-corrected chi connectivity index (χ1v) is 26.6. The van der Waals surface area contributed by atoms with Gasteiger partial charge in [-0.25, -0.2) is 0 Å². The monoisotopic (exact) mass is 874 g/mol. The Morgan fingerprint density at radius 3 is 0.704 bits per heavy atom. The minimum Gasteiger partial charge on any atom is -0.458 e. The van der Waals surface area contributed by atoms with Gasteiger partial charge in [-0.3, -0.25) is 4.79 Å². The third-order valence-electron chi connectivity index (χ3n) is 25.5. The smallest absolute Gasteiger partial charge is 0.311 e. The predicted molar refractivity (Wildman–Crippen MR) is 297 cm³/mol. The lowest BCUT2D eigenvalue weighted by Gasteiger charge is -2.56. The van der Waals surface area contributed by atoms with E-state index in [4.69, 9.17) is 4.74 Å². The standard InChI is InChI=1S/C69H14O2/c1-67(2,3)66(70)71-7-4-5-68-62-54-46-36-26-18-10-8-9-12-16-14(10)22-30-24(16)34-28-20(12)21-13(9)17-15-11(8)19(18)27-33-23(15)31-25(17)35-29(21)39-38(28)48-42(34)52-44(30)50(40(46)32(22)26)56(62)58(52)64-60(48)61-49(39)43(35)53-45(31)51-41(33)47(37(27)36)55(54)63(68)57(51)59(53)65(61)69(64,68)6-7/h4-5,7H,6H2,1-3H3. The van der Waals surface area contributed by atoms with Gasteiger partial charge in [0, 0.05) is 11.8 Å². The van der Waals surface area contributed by atoms with Crippen LogP contribution in [0.25, 0.3) is 291 Å². The number of hydrogen-bond acceptors (Lipinski definition) is 2. The van der Waals surface area contributed by atoms with E-state index < -0.39 is 16.2 Å². The number of hydrogen-bond donors (Lipinski definition) is 0. The molecule has 0 aliphatic heterocycles. The second-order valence-electron chi connectivity index (χ2n) is 27.2. The van der Waals surface area contributed by atoms with Crippen LogP contribution in [-0.4, -0.2) is 12.1 Å². The molecule has 0 saturated carbocycles. The highest BCUT2D eigenvalue weighted by Gasteiger charge is 2.70. The van der Waals surface area contributed by atoms with E-state index in [-0.39, 0.29) is 12.1 Å². The number of benzene rings is 18. The molecule has 2 heteroatoms. The van der Waals surface area contributed by atoms with Crippen LogP contribution >= 0.6 is 0 Å². The van der Waals surface area contributed by atoms with Gasteiger partial charge in [0.15, 0.2) is 0 Å². The molecular formula is C69H14O2. The highest BCUT2D eigenvalue weighted by Crippen LogP contribution is 2.85. The van der Waals surface area contributed by atoms with Crippen LogP contribution in [0.2, 0.25) is 0 Å². The molecule has 0 fully saturated rings. The van der Waals surface area contributed by atoms with Crippen LogP contribution in [-0.2, 0) is 20.4 Å². The summed E-state index contributed by atoms with van der Waals surface area (Å²) in [6.45, 7) is 6.11. The van der Waals surface area contributed by atoms with Crippen LogP contribution in [0, 0.1) is 5.41 Å². The average Bonchev–Trinajstić information content (AvgIpc) is 4.38. The molecule has 0 amide bonds. The Labute approximate surface area is 388 Å². The summed E-state index contributed by atoms with van der Waals surface area (Å²) in [5, 5.41) is 87.3. The summed E-state index contributed by atoms with van der Waals surface area (Å²) in [7, 11) is 0. The van der Waals surface area contributed by atoms with E-state index in [1.165, 1.54) is 0 Å². The molecule has 5 aliphatic carbocycles. The van der Waals surface area contributed by atoms with Gasteiger partial charge in [0.2, 0.25) is 0 Å². The molecular weight excluding hydrogens is 861 g/mol. The fraction of sp³-hybridized carbons (Fsp3) is 0.116. The molecule has 5 aliphatic rings. The van der Waals surface area contributed by atoms with E-state index >= 15 is 0 Å². The van der Waals surface area contributed by atoms with E-state index in [0.29, 0.717) is 0 Å². The predicted octanol–water partition coefficient (Wildman–Crippen LogP) is 18.2. The van der Waals surface area contributed by atoms with Gasteiger partial charge in [0.1, 0.15) is 6.10 Å². The summed E-state index contributed by atoms with van der Waals surface area (Å²) in [6, 6.07) is 0. The summed E-state index contributed by atoms with van der Waals surface area (Å²) < 4.78 is 6.97. The molecule has 28 aromatic rings. The zero-order valence-electron chi connectivity index (χ0n) is 37.3. The van der Waals surface area contributed by atoms with Gasteiger partial charge >= 0.3 is 5.97 Å². The van der Waals surface area contributed by atoms with Crippen LogP contribution in [0.5, 0.6) is 0 Å². The van der Waals surface area contributed by atoms with Crippen molar-refractivity contribution in [2.45, 2.75) is 44.1 Å². The quantitative estimate of drug-likeness (QED) is 0.0933. The molecule has 0 saturated heterocycles. The van der Waals surface area contributed by atoms with Gasteiger partial charge in [0.05, 0.1) is 10.8 Å². The minimum absolute atomic E-state index is 0.0904. The van der Waals surface area contributed by atoms with Gasteiger partial charge in [0.25, 0.3) is 0 Å². The maximum atomic E-state index is 14.4. The molecule has 0 N–H and O–H groups in total. The number of allylic oxidation sites excluding steroid dienone is 1. The molecule has 302 valence electrons. The van der Waals surface area contributed by atoms with Crippen molar-refractivity contribution in [2.24, 2.45) is 5.41 Å². The van der Waals surface area contributed by atoms with Crippen LogP contribution in [0.4, 0.5) is 0 Å². The highest BCUT2D eigenvalue weighted by molar-refractivity contribution is 6.82. The molecule has 0 bridgehead atoms. The fourth-order valence-electron chi connectivity index (χ4n) is 25.2. The molecule has 2 nitrogen and oxygen atoms in total. The van der Waals surface area contributed by atoms with Crippen molar-refractivity contribution in [3.8, 4) is 0 Å². The molecule has 1 unspecified atom stereocenters.